The molecule has 0 aliphatic carbocycles. The molecular formula is C16H27NO3Si. The highest BCUT2D eigenvalue weighted by atomic mass is 28.4. The van der Waals surface area contributed by atoms with Crippen LogP contribution in [0.1, 0.15) is 36.7 Å². The third-order valence-corrected chi connectivity index (χ3v) is 8.65. The van der Waals surface area contributed by atoms with Gasteiger partial charge in [0.15, 0.2) is 8.32 Å². The Hall–Kier alpha value is -1.17. The van der Waals surface area contributed by atoms with Crippen LogP contribution in [0.4, 0.5) is 0 Å². The minimum atomic E-state index is -1.74. The number of rotatable bonds is 5. The number of nitrogens with zero attached hydrogens (tertiary/aromatic N) is 1. The van der Waals surface area contributed by atoms with E-state index < -0.39 is 8.32 Å². The van der Waals surface area contributed by atoms with E-state index in [1.165, 1.54) is 12.2 Å². The summed E-state index contributed by atoms with van der Waals surface area (Å²) in [6.45, 7) is 11.7. The maximum atomic E-state index is 11.9. The molecule has 5 heteroatoms. The van der Waals surface area contributed by atoms with Crippen LogP contribution in [0.2, 0.25) is 18.1 Å². The first-order valence-electron chi connectivity index (χ1n) is 7.13. The van der Waals surface area contributed by atoms with Gasteiger partial charge in [-0.1, -0.05) is 32.9 Å². The number of benzene rings is 1. The molecule has 0 heterocycles. The average molecular weight is 309 g/mol. The van der Waals surface area contributed by atoms with E-state index >= 15 is 0 Å². The molecule has 0 aromatic heterocycles. The normalized spacial score (nSPS) is 12.3. The molecular weight excluding hydrogens is 282 g/mol. The lowest BCUT2D eigenvalue weighted by Crippen LogP contribution is -2.40. The molecule has 0 aliphatic rings. The van der Waals surface area contributed by atoms with Crippen LogP contribution in [-0.2, 0) is 15.9 Å². The summed E-state index contributed by atoms with van der Waals surface area (Å²) in [7, 11) is 1.32. The molecule has 21 heavy (non-hydrogen) atoms. The fraction of sp³-hybridized carbons (Fsp3) is 0.562. The number of carbonyl (C=O) groups is 1. The Kier molecular flexibility index (Phi) is 5.73. The first kappa shape index (κ1) is 17.9. The van der Waals surface area contributed by atoms with E-state index in [4.69, 9.17) is 9.26 Å². The molecule has 118 valence electrons. The van der Waals surface area contributed by atoms with Crippen molar-refractivity contribution in [3.63, 3.8) is 0 Å². The van der Waals surface area contributed by atoms with Gasteiger partial charge in [-0.2, -0.15) is 0 Å². The van der Waals surface area contributed by atoms with Crippen molar-refractivity contribution >= 4 is 14.2 Å². The van der Waals surface area contributed by atoms with Gasteiger partial charge in [0, 0.05) is 12.6 Å². The molecule has 0 fully saturated rings. The molecule has 1 amide bonds. The van der Waals surface area contributed by atoms with Crippen molar-refractivity contribution in [3.05, 3.63) is 35.4 Å². The second-order valence-electron chi connectivity index (χ2n) is 6.73. The summed E-state index contributed by atoms with van der Waals surface area (Å²) in [6, 6.07) is 7.48. The summed E-state index contributed by atoms with van der Waals surface area (Å²) >= 11 is 0. The quantitative estimate of drug-likeness (QED) is 0.613. The van der Waals surface area contributed by atoms with E-state index in [1.54, 1.807) is 7.05 Å². The van der Waals surface area contributed by atoms with E-state index in [0.717, 1.165) is 5.56 Å². The Bertz CT molecular complexity index is 477. The summed E-state index contributed by atoms with van der Waals surface area (Å²) in [6.07, 6.45) is 0. The maximum absolute atomic E-state index is 11.9. The summed E-state index contributed by atoms with van der Waals surface area (Å²) in [5.74, 6) is -0.158. The van der Waals surface area contributed by atoms with Crippen molar-refractivity contribution in [1.82, 2.24) is 5.06 Å². The zero-order chi connectivity index (χ0) is 16.3. The Morgan fingerprint density at radius 3 is 2.14 bits per heavy atom. The topological polar surface area (TPSA) is 38.8 Å². The van der Waals surface area contributed by atoms with Gasteiger partial charge in [0.2, 0.25) is 0 Å². The van der Waals surface area contributed by atoms with Crippen LogP contribution in [0.15, 0.2) is 24.3 Å². The summed E-state index contributed by atoms with van der Waals surface area (Å²) in [4.78, 5) is 16.8. The third-order valence-electron chi connectivity index (χ3n) is 4.17. The summed E-state index contributed by atoms with van der Waals surface area (Å²) in [5, 5.41) is 1.41. The van der Waals surface area contributed by atoms with Gasteiger partial charge >= 0.3 is 0 Å². The van der Waals surface area contributed by atoms with Crippen molar-refractivity contribution < 1.29 is 14.1 Å². The summed E-state index contributed by atoms with van der Waals surface area (Å²) in [5.41, 5.74) is 1.69. The fourth-order valence-corrected chi connectivity index (χ4v) is 2.45. The van der Waals surface area contributed by atoms with Gasteiger partial charge in [0.05, 0.1) is 13.7 Å². The molecule has 0 radical (unpaired) electrons. The number of hydrogen-bond acceptors (Lipinski definition) is 3. The predicted octanol–water partition coefficient (Wildman–Crippen LogP) is 3.84. The van der Waals surface area contributed by atoms with Crippen LogP contribution in [0, 0.1) is 0 Å². The van der Waals surface area contributed by atoms with Gasteiger partial charge in [0.25, 0.3) is 5.91 Å². The molecule has 0 saturated carbocycles. The van der Waals surface area contributed by atoms with E-state index in [-0.39, 0.29) is 10.9 Å². The lowest BCUT2D eigenvalue weighted by Gasteiger charge is -2.36. The Labute approximate surface area is 129 Å². The molecule has 1 rings (SSSR count). The van der Waals surface area contributed by atoms with Gasteiger partial charge in [-0.3, -0.25) is 9.63 Å². The largest absolute Gasteiger partial charge is 0.413 e. The van der Waals surface area contributed by atoms with Gasteiger partial charge in [-0.05, 0) is 35.8 Å². The maximum Gasteiger partial charge on any atom is 0.277 e. The van der Waals surface area contributed by atoms with Crippen molar-refractivity contribution in [2.24, 2.45) is 0 Å². The van der Waals surface area contributed by atoms with E-state index in [2.05, 4.69) is 33.9 Å². The lowest BCUT2D eigenvalue weighted by atomic mass is 10.1. The van der Waals surface area contributed by atoms with Crippen LogP contribution in [0.5, 0.6) is 0 Å². The molecule has 0 aliphatic heterocycles. The molecule has 1 aromatic rings. The lowest BCUT2D eigenvalue weighted by molar-refractivity contribution is -0.0757. The van der Waals surface area contributed by atoms with Crippen LogP contribution < -0.4 is 0 Å². The summed E-state index contributed by atoms with van der Waals surface area (Å²) < 4.78 is 6.17. The molecule has 0 bridgehead atoms. The van der Waals surface area contributed by atoms with Gasteiger partial charge in [-0.15, -0.1) is 0 Å². The van der Waals surface area contributed by atoms with Gasteiger partial charge < -0.3 is 4.43 Å². The molecule has 0 N–H and O–H groups in total. The van der Waals surface area contributed by atoms with Gasteiger partial charge in [-0.25, -0.2) is 5.06 Å². The highest BCUT2D eigenvalue weighted by Crippen LogP contribution is 2.37. The first-order valence-corrected chi connectivity index (χ1v) is 10.0. The number of amides is 1. The molecule has 0 spiro atoms. The molecule has 1 aromatic carbocycles. The highest BCUT2D eigenvalue weighted by Gasteiger charge is 2.36. The standard InChI is InChI=1S/C16H27NO3Si/c1-16(2,3)21(6,7)20-12-13-8-10-14(11-9-13)15(18)17(4)19-5/h8-11H,12H2,1-7H3. The smallest absolute Gasteiger partial charge is 0.277 e. The van der Waals surface area contributed by atoms with Crippen LogP contribution in [0.25, 0.3) is 0 Å². The van der Waals surface area contributed by atoms with Crippen molar-refractivity contribution in [1.29, 1.82) is 0 Å². The minimum Gasteiger partial charge on any atom is -0.413 e. The third kappa shape index (κ3) is 4.66. The van der Waals surface area contributed by atoms with E-state index in [1.807, 2.05) is 24.3 Å². The van der Waals surface area contributed by atoms with Crippen molar-refractivity contribution in [2.45, 2.75) is 45.5 Å². The number of hydroxylamine groups is 2. The molecule has 4 nitrogen and oxygen atoms in total. The van der Waals surface area contributed by atoms with Gasteiger partial charge in [0.1, 0.15) is 0 Å². The zero-order valence-corrected chi connectivity index (χ0v) is 15.2. The Morgan fingerprint density at radius 1 is 1.19 bits per heavy atom. The second-order valence-corrected chi connectivity index (χ2v) is 11.5. The average Bonchev–Trinajstić information content (AvgIpc) is 2.43. The van der Waals surface area contributed by atoms with Crippen LogP contribution in [0.3, 0.4) is 0 Å². The zero-order valence-electron chi connectivity index (χ0n) is 14.2. The number of carbonyl (C=O) groups excluding carboxylic acids is 1. The SMILES string of the molecule is CON(C)C(=O)c1ccc(CO[Si](C)(C)C(C)(C)C)cc1. The first-order chi connectivity index (χ1) is 9.58. The van der Waals surface area contributed by atoms with E-state index in [9.17, 15) is 4.79 Å². The van der Waals surface area contributed by atoms with Crippen LogP contribution >= 0.6 is 0 Å². The van der Waals surface area contributed by atoms with Crippen LogP contribution in [-0.4, -0.2) is 33.4 Å². The minimum absolute atomic E-state index is 0.158. The molecule has 0 unspecified atom stereocenters. The van der Waals surface area contributed by atoms with Crippen molar-refractivity contribution in [2.75, 3.05) is 14.2 Å². The fourth-order valence-electron chi connectivity index (χ4n) is 1.49. The monoisotopic (exact) mass is 309 g/mol. The molecule has 0 saturated heterocycles. The Morgan fingerprint density at radius 2 is 1.71 bits per heavy atom. The second kappa shape index (κ2) is 6.73. The predicted molar refractivity (Wildman–Crippen MR) is 87.5 cm³/mol. The van der Waals surface area contributed by atoms with E-state index in [0.29, 0.717) is 12.2 Å². The highest BCUT2D eigenvalue weighted by molar-refractivity contribution is 6.74. The molecule has 0 atom stereocenters. The Balaban J connectivity index is 2.70. The van der Waals surface area contributed by atoms with Crippen molar-refractivity contribution in [3.8, 4) is 0 Å². The number of hydrogen-bond donors (Lipinski definition) is 0.